The Morgan fingerprint density at radius 1 is 0.976 bits per heavy atom. The van der Waals surface area contributed by atoms with Gasteiger partial charge in [0.05, 0.1) is 35.4 Å². The molecule has 0 amide bonds. The fourth-order valence-electron chi connectivity index (χ4n) is 6.09. The van der Waals surface area contributed by atoms with Gasteiger partial charge in [0.25, 0.3) is 0 Å². The van der Waals surface area contributed by atoms with E-state index in [2.05, 4.69) is 27.1 Å². The first-order chi connectivity index (χ1) is 20.0. The summed E-state index contributed by atoms with van der Waals surface area (Å²) in [4.78, 5) is 10.7. The highest BCUT2D eigenvalue weighted by Gasteiger charge is 2.42. The molecule has 3 N–H and O–H groups in total. The number of pyridine rings is 2. The molecule has 6 rings (SSSR count). The fraction of sp³-hybridized carbons (Fsp3) is 0.500. The average Bonchev–Trinajstić information content (AvgIpc) is 2.86. The van der Waals surface area contributed by atoms with E-state index in [1.165, 1.54) is 24.3 Å². The summed E-state index contributed by atoms with van der Waals surface area (Å²) in [5, 5.41) is 3.31. The average molecular weight is 588 g/mol. The number of alkyl halides is 2. The Kier molecular flexibility index (Phi) is 9.01. The van der Waals surface area contributed by atoms with Crippen molar-refractivity contribution in [2.45, 2.75) is 76.8 Å². The topological polar surface area (TPSA) is 67.1 Å². The highest BCUT2D eigenvalue weighted by atomic mass is 19.3. The summed E-state index contributed by atoms with van der Waals surface area (Å²) in [6.07, 6.45) is 7.56. The van der Waals surface area contributed by atoms with E-state index in [0.29, 0.717) is 17.2 Å². The van der Waals surface area contributed by atoms with Gasteiger partial charge in [-0.25, -0.2) is 26.9 Å². The number of aromatic nitrogens is 2. The van der Waals surface area contributed by atoms with Crippen molar-refractivity contribution >= 4 is 11.4 Å². The minimum Gasteiger partial charge on any atom is -0.376 e. The molecule has 2 aliphatic carbocycles. The smallest absolute Gasteiger partial charge is 0.248 e. The minimum atomic E-state index is -2.31. The molecule has 3 fully saturated rings. The molecule has 10 heteroatoms. The molecule has 2 atom stereocenters. The number of hydrogen-bond acceptors (Lipinski definition) is 5. The summed E-state index contributed by atoms with van der Waals surface area (Å²) in [6, 6.07) is 7.39. The summed E-state index contributed by atoms with van der Waals surface area (Å²) in [6.45, 7) is 5.90. The number of piperidine rings is 1. The van der Waals surface area contributed by atoms with Crippen LogP contribution in [-0.4, -0.2) is 35.0 Å². The van der Waals surface area contributed by atoms with Crippen molar-refractivity contribution < 1.29 is 22.0 Å². The molecule has 1 aliphatic heterocycles. The second-order valence-corrected chi connectivity index (χ2v) is 12.2. The third-order valence-electron chi connectivity index (χ3n) is 8.37. The van der Waals surface area contributed by atoms with Gasteiger partial charge in [0.15, 0.2) is 0 Å². The van der Waals surface area contributed by atoms with Gasteiger partial charge in [-0.15, -0.1) is 0 Å². The van der Waals surface area contributed by atoms with E-state index in [9.17, 15) is 22.0 Å². The lowest BCUT2D eigenvalue weighted by atomic mass is 9.79. The monoisotopic (exact) mass is 587 g/mol. The van der Waals surface area contributed by atoms with Crippen LogP contribution in [0.2, 0.25) is 0 Å². The Morgan fingerprint density at radius 3 is 2.26 bits per heavy atom. The predicted octanol–water partition coefficient (Wildman–Crippen LogP) is 7.67. The third kappa shape index (κ3) is 7.02. The van der Waals surface area contributed by atoms with Gasteiger partial charge < -0.3 is 16.0 Å². The Bertz CT molecular complexity index is 1350. The van der Waals surface area contributed by atoms with Crippen LogP contribution in [0.3, 0.4) is 0 Å². The number of anilines is 2. The molecule has 0 bridgehead atoms. The third-order valence-corrected chi connectivity index (χ3v) is 8.37. The van der Waals surface area contributed by atoms with Crippen LogP contribution < -0.4 is 16.0 Å². The minimum absolute atomic E-state index is 0.0987. The maximum atomic E-state index is 14.9. The molecule has 3 aliphatic rings. The van der Waals surface area contributed by atoms with Crippen LogP contribution >= 0.6 is 0 Å². The van der Waals surface area contributed by atoms with Crippen molar-refractivity contribution in [1.82, 2.24) is 9.97 Å². The molecule has 2 aromatic heterocycles. The van der Waals surface area contributed by atoms with E-state index in [4.69, 9.17) is 5.73 Å². The zero-order valence-corrected chi connectivity index (χ0v) is 24.0. The van der Waals surface area contributed by atoms with Crippen LogP contribution in [0.25, 0.3) is 11.3 Å². The van der Waals surface area contributed by atoms with Crippen molar-refractivity contribution in [1.29, 1.82) is 0 Å². The lowest BCUT2D eigenvalue weighted by molar-refractivity contribution is -0.104. The molecular formula is C32H38F5N5. The Hall–Kier alpha value is -3.27. The van der Waals surface area contributed by atoms with Crippen molar-refractivity contribution in [2.75, 3.05) is 23.3 Å². The first-order valence-corrected chi connectivity index (χ1v) is 14.7. The Morgan fingerprint density at radius 2 is 1.69 bits per heavy atom. The van der Waals surface area contributed by atoms with Gasteiger partial charge in [-0.3, -0.25) is 4.98 Å². The molecule has 2 unspecified atom stereocenters. The second-order valence-electron chi connectivity index (χ2n) is 12.2. The van der Waals surface area contributed by atoms with Gasteiger partial charge in [-0.1, -0.05) is 20.3 Å². The standard InChI is InChI=1S/C27H30F3N5.C5H8F2/c1-16-9-19(31)15-35(14-16)25-7-8-32-13-24(25)33-12-20-5-6-21(28)27(34-20)26-22(29)10-18(11-23(26)30)17-3-2-4-17;1-4-2-5(6,7)3-4/h5-8,10-11,13,16-17,19,33H,2-4,9,12,14-15,31H2,1H3;4H,2-3H2,1H3. The van der Waals surface area contributed by atoms with E-state index >= 15 is 0 Å². The quantitative estimate of drug-likeness (QED) is 0.290. The Labute approximate surface area is 243 Å². The number of halogens is 5. The number of hydrogen-bond donors (Lipinski definition) is 2. The Balaban J connectivity index is 0.000000442. The molecule has 3 heterocycles. The summed E-state index contributed by atoms with van der Waals surface area (Å²) in [5.74, 6) is -3.73. The van der Waals surface area contributed by atoms with Gasteiger partial charge in [0, 0.05) is 38.2 Å². The zero-order valence-electron chi connectivity index (χ0n) is 24.0. The number of rotatable bonds is 6. The molecular weight excluding hydrogens is 549 g/mol. The number of nitrogens with zero attached hydrogens (tertiary/aromatic N) is 3. The highest BCUT2D eigenvalue weighted by molar-refractivity contribution is 5.69. The van der Waals surface area contributed by atoms with E-state index in [0.717, 1.165) is 50.1 Å². The van der Waals surface area contributed by atoms with E-state index < -0.39 is 28.9 Å². The van der Waals surface area contributed by atoms with Crippen molar-refractivity contribution in [3.8, 4) is 11.3 Å². The molecule has 226 valence electrons. The largest absolute Gasteiger partial charge is 0.376 e. The molecule has 1 saturated heterocycles. The molecule has 3 aromatic rings. The summed E-state index contributed by atoms with van der Waals surface area (Å²) in [5.41, 5.74) is 8.35. The number of benzene rings is 1. The van der Waals surface area contributed by atoms with Gasteiger partial charge in [-0.05, 0) is 72.9 Å². The molecule has 42 heavy (non-hydrogen) atoms. The molecule has 1 aromatic carbocycles. The molecule has 5 nitrogen and oxygen atoms in total. The van der Waals surface area contributed by atoms with Crippen LogP contribution in [0, 0.1) is 29.3 Å². The summed E-state index contributed by atoms with van der Waals surface area (Å²) >= 11 is 0. The summed E-state index contributed by atoms with van der Waals surface area (Å²) in [7, 11) is 0. The molecule has 0 radical (unpaired) electrons. The predicted molar refractivity (Wildman–Crippen MR) is 155 cm³/mol. The van der Waals surface area contributed by atoms with Crippen molar-refractivity contribution in [3.63, 3.8) is 0 Å². The van der Waals surface area contributed by atoms with Crippen molar-refractivity contribution in [2.24, 2.45) is 17.6 Å². The normalized spacial score (nSPS) is 22.0. The lowest BCUT2D eigenvalue weighted by Gasteiger charge is -2.37. The highest BCUT2D eigenvalue weighted by Crippen LogP contribution is 2.42. The zero-order chi connectivity index (χ0) is 30.0. The van der Waals surface area contributed by atoms with E-state index in [1.54, 1.807) is 12.4 Å². The van der Waals surface area contributed by atoms with Gasteiger partial charge in [-0.2, -0.15) is 0 Å². The number of nitrogens with two attached hydrogens (primary N) is 1. The molecule has 2 saturated carbocycles. The first-order valence-electron chi connectivity index (χ1n) is 14.7. The van der Waals surface area contributed by atoms with Crippen molar-refractivity contribution in [3.05, 3.63) is 71.4 Å². The maximum Gasteiger partial charge on any atom is 0.248 e. The van der Waals surface area contributed by atoms with Crippen LogP contribution in [-0.2, 0) is 6.54 Å². The first kappa shape index (κ1) is 30.2. The van der Waals surface area contributed by atoms with E-state index in [-0.39, 0.29) is 43.0 Å². The summed E-state index contributed by atoms with van der Waals surface area (Å²) < 4.78 is 68.1. The van der Waals surface area contributed by atoms with E-state index in [1.807, 2.05) is 13.0 Å². The molecule has 0 spiro atoms. The maximum absolute atomic E-state index is 14.9. The number of nitrogens with one attached hydrogen (secondary N) is 1. The van der Waals surface area contributed by atoms with Gasteiger partial charge >= 0.3 is 0 Å². The fourth-order valence-corrected chi connectivity index (χ4v) is 6.09. The van der Waals surface area contributed by atoms with Gasteiger partial charge in [0.1, 0.15) is 23.1 Å². The lowest BCUT2D eigenvalue weighted by Crippen LogP contribution is -2.46. The van der Waals surface area contributed by atoms with Crippen LogP contribution in [0.15, 0.2) is 42.7 Å². The van der Waals surface area contributed by atoms with Crippen LogP contribution in [0.5, 0.6) is 0 Å². The van der Waals surface area contributed by atoms with Crippen LogP contribution in [0.4, 0.5) is 33.3 Å². The van der Waals surface area contributed by atoms with Gasteiger partial charge in [0.2, 0.25) is 5.92 Å². The second kappa shape index (κ2) is 12.5. The SMILES string of the molecule is CC1CC(F)(F)C1.CC1CC(N)CN(c2ccncc2NCc2ccc(F)c(-c3c(F)cc(C4CCC4)cc3F)n2)C1. The van der Waals surface area contributed by atoms with Crippen LogP contribution in [0.1, 0.15) is 69.5 Å².